The van der Waals surface area contributed by atoms with Gasteiger partial charge in [-0.25, -0.2) is 4.98 Å². The topological polar surface area (TPSA) is 51.0 Å². The highest BCUT2D eigenvalue weighted by atomic mass is 16.2. The van der Waals surface area contributed by atoms with Crippen LogP contribution in [0, 0.1) is 13.8 Å². The average molecular weight is 334 g/mol. The van der Waals surface area contributed by atoms with Gasteiger partial charge in [0.15, 0.2) is 5.65 Å². The Hall–Kier alpha value is -2.69. The van der Waals surface area contributed by atoms with Crippen molar-refractivity contribution in [3.63, 3.8) is 0 Å². The van der Waals surface area contributed by atoms with Crippen LogP contribution in [0.15, 0.2) is 36.4 Å². The van der Waals surface area contributed by atoms with E-state index in [-0.39, 0.29) is 11.9 Å². The Balaban J connectivity index is 1.80. The van der Waals surface area contributed by atoms with Crippen LogP contribution in [0.2, 0.25) is 0 Å². The van der Waals surface area contributed by atoms with Crippen molar-refractivity contribution in [2.75, 3.05) is 6.54 Å². The van der Waals surface area contributed by atoms with Gasteiger partial charge >= 0.3 is 0 Å². The lowest BCUT2D eigenvalue weighted by atomic mass is 10.0. The molecule has 1 aliphatic rings. The van der Waals surface area contributed by atoms with E-state index in [4.69, 9.17) is 0 Å². The van der Waals surface area contributed by atoms with E-state index in [1.807, 2.05) is 50.1 Å². The van der Waals surface area contributed by atoms with Crippen molar-refractivity contribution in [3.8, 4) is 0 Å². The zero-order chi connectivity index (χ0) is 17.6. The Bertz CT molecular complexity index is 945. The summed E-state index contributed by atoms with van der Waals surface area (Å²) in [5.41, 5.74) is 4.39. The fraction of sp³-hybridized carbons (Fsp3) is 0.350. The van der Waals surface area contributed by atoms with Crippen LogP contribution < -0.4 is 0 Å². The molecule has 1 fully saturated rings. The number of pyridine rings is 1. The van der Waals surface area contributed by atoms with Crippen molar-refractivity contribution in [1.82, 2.24) is 19.7 Å². The molecule has 2 aromatic heterocycles. The summed E-state index contributed by atoms with van der Waals surface area (Å²) in [6, 6.07) is 12.4. The van der Waals surface area contributed by atoms with E-state index in [2.05, 4.69) is 22.2 Å². The zero-order valence-corrected chi connectivity index (χ0v) is 14.9. The Kier molecular flexibility index (Phi) is 3.79. The Labute approximate surface area is 147 Å². The molecule has 128 valence electrons. The van der Waals surface area contributed by atoms with Crippen LogP contribution in [0.3, 0.4) is 0 Å². The molecule has 1 amide bonds. The molecule has 1 saturated heterocycles. The lowest BCUT2D eigenvalue weighted by Gasteiger charge is -2.25. The van der Waals surface area contributed by atoms with Crippen LogP contribution >= 0.6 is 0 Å². The number of carbonyl (C=O) groups excluding carboxylic acids is 1. The molecule has 4 rings (SSSR count). The van der Waals surface area contributed by atoms with Crippen molar-refractivity contribution >= 4 is 16.9 Å². The van der Waals surface area contributed by atoms with Gasteiger partial charge in [0.25, 0.3) is 5.91 Å². The molecule has 1 aromatic carbocycles. The van der Waals surface area contributed by atoms with E-state index < -0.39 is 0 Å². The van der Waals surface area contributed by atoms with E-state index in [1.54, 1.807) is 4.68 Å². The fourth-order valence-corrected chi connectivity index (χ4v) is 3.92. The molecule has 0 N–H and O–H groups in total. The van der Waals surface area contributed by atoms with E-state index >= 15 is 0 Å². The molecule has 3 aromatic rings. The number of aromatic nitrogens is 3. The number of fused-ring (bicyclic) bond motifs is 1. The number of carbonyl (C=O) groups is 1. The number of benzene rings is 1. The fourth-order valence-electron chi connectivity index (χ4n) is 3.92. The Morgan fingerprint density at radius 2 is 1.96 bits per heavy atom. The third-order valence-electron chi connectivity index (χ3n) is 5.03. The third-order valence-corrected chi connectivity index (χ3v) is 5.03. The van der Waals surface area contributed by atoms with Crippen molar-refractivity contribution in [3.05, 3.63) is 58.9 Å². The number of nitrogens with zero attached hydrogens (tertiary/aromatic N) is 4. The van der Waals surface area contributed by atoms with Crippen molar-refractivity contribution in [1.29, 1.82) is 0 Å². The maximum Gasteiger partial charge on any atom is 0.255 e. The van der Waals surface area contributed by atoms with Crippen LogP contribution in [0.5, 0.6) is 0 Å². The summed E-state index contributed by atoms with van der Waals surface area (Å²) in [5.74, 6) is 0.0814. The highest BCUT2D eigenvalue weighted by molar-refractivity contribution is 6.06. The van der Waals surface area contributed by atoms with Crippen LogP contribution in [-0.4, -0.2) is 32.1 Å². The molecule has 0 saturated carbocycles. The summed E-state index contributed by atoms with van der Waals surface area (Å²) in [7, 11) is 1.87. The molecule has 0 aliphatic carbocycles. The van der Waals surface area contributed by atoms with E-state index in [0.717, 1.165) is 47.4 Å². The summed E-state index contributed by atoms with van der Waals surface area (Å²) >= 11 is 0. The highest BCUT2D eigenvalue weighted by Gasteiger charge is 2.32. The van der Waals surface area contributed by atoms with Gasteiger partial charge < -0.3 is 4.90 Å². The molecule has 1 unspecified atom stereocenters. The molecule has 1 atom stereocenters. The summed E-state index contributed by atoms with van der Waals surface area (Å²) in [6.07, 6.45) is 2.04. The van der Waals surface area contributed by atoms with Crippen LogP contribution in [0.4, 0.5) is 0 Å². The van der Waals surface area contributed by atoms with Gasteiger partial charge in [-0.05, 0) is 38.3 Å². The molecular weight excluding hydrogens is 312 g/mol. The predicted molar refractivity (Wildman–Crippen MR) is 97.4 cm³/mol. The van der Waals surface area contributed by atoms with E-state index in [1.165, 1.54) is 5.56 Å². The second kappa shape index (κ2) is 5.99. The highest BCUT2D eigenvalue weighted by Crippen LogP contribution is 2.34. The standard InChI is InChI=1S/C20H22N4O/c1-13-12-16(18-14(2)22-23(3)19(18)21-13)20(25)24-11-7-10-17(24)15-8-5-4-6-9-15/h4-6,8-9,12,17H,7,10-11H2,1-3H3. The van der Waals surface area contributed by atoms with Crippen molar-refractivity contribution < 1.29 is 4.79 Å². The van der Waals surface area contributed by atoms with E-state index in [9.17, 15) is 4.79 Å². The van der Waals surface area contributed by atoms with Gasteiger partial charge in [-0.3, -0.25) is 9.48 Å². The van der Waals surface area contributed by atoms with Gasteiger partial charge in [0, 0.05) is 19.3 Å². The molecular formula is C20H22N4O. The second-order valence-corrected chi connectivity index (χ2v) is 6.79. The summed E-state index contributed by atoms with van der Waals surface area (Å²) in [4.78, 5) is 20.0. The van der Waals surface area contributed by atoms with Gasteiger partial charge in [0.05, 0.1) is 22.7 Å². The van der Waals surface area contributed by atoms with Crippen molar-refractivity contribution in [2.24, 2.45) is 7.05 Å². The lowest BCUT2D eigenvalue weighted by molar-refractivity contribution is 0.0737. The minimum atomic E-state index is 0.0814. The van der Waals surface area contributed by atoms with Gasteiger partial charge in [0.2, 0.25) is 0 Å². The normalized spacial score (nSPS) is 17.4. The maximum absolute atomic E-state index is 13.4. The minimum Gasteiger partial charge on any atom is -0.332 e. The quantitative estimate of drug-likeness (QED) is 0.720. The Morgan fingerprint density at radius 1 is 1.20 bits per heavy atom. The maximum atomic E-state index is 13.4. The number of hydrogen-bond acceptors (Lipinski definition) is 3. The van der Waals surface area contributed by atoms with Crippen LogP contribution in [0.1, 0.15) is 46.2 Å². The third kappa shape index (κ3) is 2.60. The molecule has 3 heterocycles. The minimum absolute atomic E-state index is 0.0814. The first-order chi connectivity index (χ1) is 12.1. The first kappa shape index (κ1) is 15.8. The smallest absolute Gasteiger partial charge is 0.255 e. The number of rotatable bonds is 2. The Morgan fingerprint density at radius 3 is 2.72 bits per heavy atom. The summed E-state index contributed by atoms with van der Waals surface area (Å²) in [6.45, 7) is 4.66. The molecule has 0 bridgehead atoms. The van der Waals surface area contributed by atoms with Crippen molar-refractivity contribution in [2.45, 2.75) is 32.7 Å². The number of amides is 1. The number of hydrogen-bond donors (Lipinski definition) is 0. The molecule has 5 heteroatoms. The largest absolute Gasteiger partial charge is 0.332 e. The summed E-state index contributed by atoms with van der Waals surface area (Å²) < 4.78 is 1.76. The average Bonchev–Trinajstić information content (AvgIpc) is 3.20. The zero-order valence-electron chi connectivity index (χ0n) is 14.9. The first-order valence-electron chi connectivity index (χ1n) is 8.73. The monoisotopic (exact) mass is 334 g/mol. The number of likely N-dealkylation sites (tertiary alicyclic amines) is 1. The summed E-state index contributed by atoms with van der Waals surface area (Å²) in [5, 5.41) is 5.33. The molecule has 0 spiro atoms. The first-order valence-corrected chi connectivity index (χ1v) is 8.73. The van der Waals surface area contributed by atoms with Gasteiger partial charge in [-0.2, -0.15) is 5.10 Å². The van der Waals surface area contributed by atoms with Gasteiger partial charge in [0.1, 0.15) is 0 Å². The lowest BCUT2D eigenvalue weighted by Crippen LogP contribution is -2.30. The second-order valence-electron chi connectivity index (χ2n) is 6.79. The molecule has 0 radical (unpaired) electrons. The van der Waals surface area contributed by atoms with Crippen LogP contribution in [-0.2, 0) is 7.05 Å². The number of aryl methyl sites for hydroxylation is 3. The predicted octanol–water partition coefficient (Wildman–Crippen LogP) is 3.56. The SMILES string of the molecule is Cc1cc(C(=O)N2CCCC2c2ccccc2)c2c(C)nn(C)c2n1. The van der Waals surface area contributed by atoms with Gasteiger partial charge in [-0.15, -0.1) is 0 Å². The molecule has 5 nitrogen and oxygen atoms in total. The molecule has 1 aliphatic heterocycles. The van der Waals surface area contributed by atoms with Crippen LogP contribution in [0.25, 0.3) is 11.0 Å². The van der Waals surface area contributed by atoms with E-state index in [0.29, 0.717) is 0 Å². The molecule has 25 heavy (non-hydrogen) atoms. The van der Waals surface area contributed by atoms with Gasteiger partial charge in [-0.1, -0.05) is 30.3 Å².